The van der Waals surface area contributed by atoms with Gasteiger partial charge in [-0.25, -0.2) is 4.79 Å². The van der Waals surface area contributed by atoms with Crippen molar-refractivity contribution in [1.29, 1.82) is 0 Å². The highest BCUT2D eigenvalue weighted by molar-refractivity contribution is 7.80. The summed E-state index contributed by atoms with van der Waals surface area (Å²) in [5.41, 5.74) is 0. The van der Waals surface area contributed by atoms with Gasteiger partial charge in [0, 0.05) is 6.92 Å². The molecule has 0 aromatic heterocycles. The van der Waals surface area contributed by atoms with Crippen LogP contribution in [0.2, 0.25) is 0 Å². The fraction of sp³-hybridized carbons (Fsp3) is 0.500. The Kier molecular flexibility index (Phi) is 2.56. The number of carbonyl (C=O) groups excluding carboxylic acids is 1. The van der Waals surface area contributed by atoms with Gasteiger partial charge < -0.3 is 0 Å². The van der Waals surface area contributed by atoms with Crippen molar-refractivity contribution in [3.05, 3.63) is 0 Å². The number of rotatable bonds is 2. The molecule has 54 valence electrons. The first kappa shape index (κ1) is 8.34. The van der Waals surface area contributed by atoms with Crippen LogP contribution >= 0.6 is 0 Å². The highest BCUT2D eigenvalue weighted by atomic mass is 32.3. The number of hydrogen-bond donors (Lipinski definition) is 1. The van der Waals surface area contributed by atoms with Gasteiger partial charge in [0.25, 0.3) is 0 Å². The van der Waals surface area contributed by atoms with Crippen LogP contribution in [-0.4, -0.2) is 18.9 Å². The second kappa shape index (κ2) is 2.76. The van der Waals surface area contributed by atoms with Gasteiger partial charge in [-0.2, -0.15) is 8.42 Å². The van der Waals surface area contributed by atoms with Crippen LogP contribution in [0.5, 0.6) is 0 Å². The highest BCUT2D eigenvalue weighted by Gasteiger charge is 2.06. The number of carbonyl (C=O) groups is 1. The zero-order valence-corrected chi connectivity index (χ0v) is 5.21. The van der Waals surface area contributed by atoms with Crippen molar-refractivity contribution in [3.63, 3.8) is 0 Å². The zero-order chi connectivity index (χ0) is 7.49. The van der Waals surface area contributed by atoms with Crippen molar-refractivity contribution in [3.8, 4) is 0 Å². The molecule has 0 spiro atoms. The van der Waals surface area contributed by atoms with Gasteiger partial charge >= 0.3 is 16.4 Å². The molecule has 0 rings (SSSR count). The van der Waals surface area contributed by atoms with Crippen molar-refractivity contribution in [2.45, 2.75) is 6.92 Å². The van der Waals surface area contributed by atoms with E-state index in [4.69, 9.17) is 4.55 Å². The molecule has 0 saturated carbocycles. The first-order valence-corrected chi connectivity index (χ1v) is 3.12. The van der Waals surface area contributed by atoms with Gasteiger partial charge in [-0.3, -0.25) is 9.44 Å². The Morgan fingerprint density at radius 3 is 2.11 bits per heavy atom. The first-order valence-electron chi connectivity index (χ1n) is 1.76. The first-order chi connectivity index (χ1) is 3.92. The van der Waals surface area contributed by atoms with E-state index >= 15 is 0 Å². The molecule has 0 heterocycles. The van der Waals surface area contributed by atoms with Crippen LogP contribution in [0, 0.1) is 0 Å². The second-order valence-corrected chi connectivity index (χ2v) is 2.06. The third kappa shape index (κ3) is 7.34. The van der Waals surface area contributed by atoms with E-state index in [2.05, 4.69) is 9.22 Å². The van der Waals surface area contributed by atoms with Gasteiger partial charge in [0.1, 0.15) is 0 Å². The maximum atomic E-state index is 9.77. The third-order valence-electron chi connectivity index (χ3n) is 0.237. The lowest BCUT2D eigenvalue weighted by atomic mass is 10.9. The average Bonchev–Trinajstić information content (AvgIpc) is 1.59. The zero-order valence-electron chi connectivity index (χ0n) is 4.40. The molecule has 7 heteroatoms. The van der Waals surface area contributed by atoms with Gasteiger partial charge in [-0.1, -0.05) is 0 Å². The maximum absolute atomic E-state index is 9.77. The highest BCUT2D eigenvalue weighted by Crippen LogP contribution is 1.86. The molecule has 0 atom stereocenters. The quantitative estimate of drug-likeness (QED) is 0.322. The fourth-order valence-electron chi connectivity index (χ4n) is 0.0909. The summed E-state index contributed by atoms with van der Waals surface area (Å²) in [5, 5.41) is 0. The minimum Gasteiger partial charge on any atom is -0.280 e. The van der Waals surface area contributed by atoms with E-state index in [-0.39, 0.29) is 0 Å². The van der Waals surface area contributed by atoms with Crippen molar-refractivity contribution in [2.75, 3.05) is 0 Å². The largest absolute Gasteiger partial charge is 0.432 e. The molecule has 0 aliphatic heterocycles. The van der Waals surface area contributed by atoms with Crippen molar-refractivity contribution in [2.24, 2.45) is 0 Å². The third-order valence-corrected chi connectivity index (χ3v) is 0.477. The lowest BCUT2D eigenvalue weighted by Gasteiger charge is -1.92. The van der Waals surface area contributed by atoms with Crippen LogP contribution < -0.4 is 0 Å². The molecule has 0 amide bonds. The molecule has 0 aliphatic rings. The smallest absolute Gasteiger partial charge is 0.280 e. The fourth-order valence-corrected chi connectivity index (χ4v) is 0.273. The van der Waals surface area contributed by atoms with Crippen molar-refractivity contribution >= 4 is 16.4 Å². The molecule has 0 bridgehead atoms. The minimum absolute atomic E-state index is 0.922. The standard InChI is InChI=1S/C2H4O6S/c1-2(3)7-8-9(4,5)6/h1H3,(H,4,5,6). The molecule has 0 aromatic carbocycles. The summed E-state index contributed by atoms with van der Waals surface area (Å²) in [5.74, 6) is -0.965. The molecule has 6 nitrogen and oxygen atoms in total. The van der Waals surface area contributed by atoms with Gasteiger partial charge in [0.05, 0.1) is 0 Å². The molecule has 0 unspecified atom stereocenters. The molecule has 1 N–H and O–H groups in total. The van der Waals surface area contributed by atoms with Crippen molar-refractivity contribution < 1.29 is 27.0 Å². The normalized spacial score (nSPS) is 10.9. The molecule has 0 saturated heterocycles. The maximum Gasteiger partial charge on any atom is 0.432 e. The van der Waals surface area contributed by atoms with Crippen LogP contribution in [0.15, 0.2) is 0 Å². The van der Waals surface area contributed by atoms with E-state index in [1.165, 1.54) is 0 Å². The van der Waals surface area contributed by atoms with E-state index in [9.17, 15) is 13.2 Å². The Morgan fingerprint density at radius 2 is 2.00 bits per heavy atom. The lowest BCUT2D eigenvalue weighted by molar-refractivity contribution is -0.211. The SMILES string of the molecule is CC(=O)OOS(=O)(=O)O. The Balaban J connectivity index is 3.67. The van der Waals surface area contributed by atoms with Gasteiger partial charge in [-0.05, 0) is 4.33 Å². The summed E-state index contributed by atoms with van der Waals surface area (Å²) in [7, 11) is -4.66. The van der Waals surface area contributed by atoms with Gasteiger partial charge in [0.2, 0.25) is 0 Å². The molecule has 0 fully saturated rings. The molecule has 0 aromatic rings. The Hall–Kier alpha value is -0.660. The summed E-state index contributed by atoms with van der Waals surface area (Å²) < 4.78 is 30.1. The molecular formula is C2H4O6S. The van der Waals surface area contributed by atoms with E-state index in [0.29, 0.717) is 0 Å². The van der Waals surface area contributed by atoms with Gasteiger partial charge in [0.15, 0.2) is 0 Å². The predicted octanol–water partition coefficient (Wildman–Crippen LogP) is -0.716. The topological polar surface area (TPSA) is 89.9 Å². The minimum atomic E-state index is -4.66. The predicted molar refractivity (Wildman–Crippen MR) is 24.4 cm³/mol. The monoisotopic (exact) mass is 156 g/mol. The van der Waals surface area contributed by atoms with Crippen LogP contribution in [0.3, 0.4) is 0 Å². The summed E-state index contributed by atoms with van der Waals surface area (Å²) in [4.78, 5) is 13.2. The van der Waals surface area contributed by atoms with Crippen LogP contribution in [0.25, 0.3) is 0 Å². The summed E-state index contributed by atoms with van der Waals surface area (Å²) in [6, 6.07) is 0. The Bertz CT molecular complexity index is 189. The average molecular weight is 156 g/mol. The molecule has 9 heavy (non-hydrogen) atoms. The summed E-state index contributed by atoms with van der Waals surface area (Å²) in [6.45, 7) is 0.922. The van der Waals surface area contributed by atoms with E-state index in [0.717, 1.165) is 6.92 Å². The Labute approximate surface area is 51.3 Å². The van der Waals surface area contributed by atoms with Gasteiger partial charge in [-0.15, -0.1) is 0 Å². The van der Waals surface area contributed by atoms with Crippen LogP contribution in [-0.2, 0) is 24.4 Å². The second-order valence-electron chi connectivity index (χ2n) is 1.07. The van der Waals surface area contributed by atoms with Crippen LogP contribution in [0.1, 0.15) is 6.92 Å². The molecule has 0 radical (unpaired) electrons. The lowest BCUT2D eigenvalue weighted by Crippen LogP contribution is -2.07. The van der Waals surface area contributed by atoms with Crippen LogP contribution in [0.4, 0.5) is 0 Å². The molecule has 0 aliphatic carbocycles. The van der Waals surface area contributed by atoms with E-state index < -0.39 is 16.4 Å². The van der Waals surface area contributed by atoms with E-state index in [1.807, 2.05) is 0 Å². The Morgan fingerprint density at radius 1 is 1.56 bits per heavy atom. The van der Waals surface area contributed by atoms with E-state index in [1.54, 1.807) is 0 Å². The van der Waals surface area contributed by atoms with Crippen molar-refractivity contribution in [1.82, 2.24) is 0 Å². The molecular weight excluding hydrogens is 152 g/mol. The number of hydrogen-bond acceptors (Lipinski definition) is 5. The summed E-state index contributed by atoms with van der Waals surface area (Å²) >= 11 is 0. The summed E-state index contributed by atoms with van der Waals surface area (Å²) in [6.07, 6.45) is 0.